The van der Waals surface area contributed by atoms with Gasteiger partial charge in [0.15, 0.2) is 14.9 Å². The van der Waals surface area contributed by atoms with Crippen LogP contribution in [0.5, 0.6) is 11.5 Å². The van der Waals surface area contributed by atoms with Crippen molar-refractivity contribution in [2.45, 2.75) is 0 Å². The molecular formula is C19H15Br2N7O6. The van der Waals surface area contributed by atoms with Gasteiger partial charge in [-0.15, -0.1) is 15.0 Å². The monoisotopic (exact) mass is 595 g/mol. The Morgan fingerprint density at radius 3 is 1.97 bits per heavy atom. The molecule has 0 spiro atoms. The minimum Gasteiger partial charge on any atom is -0.497 e. The molecule has 0 fully saturated rings. The van der Waals surface area contributed by atoms with Crippen molar-refractivity contribution in [3.8, 4) is 22.9 Å². The summed E-state index contributed by atoms with van der Waals surface area (Å²) in [5.41, 5.74) is 0.616. The molecule has 2 aromatic heterocycles. The third-order valence-electron chi connectivity index (χ3n) is 4.20. The zero-order chi connectivity index (χ0) is 24.8. The van der Waals surface area contributed by atoms with Crippen LogP contribution in [0.15, 0.2) is 58.0 Å². The van der Waals surface area contributed by atoms with E-state index < -0.39 is 10.9 Å². The Morgan fingerprint density at radius 1 is 0.941 bits per heavy atom. The Labute approximate surface area is 208 Å². The van der Waals surface area contributed by atoms with Gasteiger partial charge in [-0.05, 0) is 62.2 Å². The molecule has 0 bridgehead atoms. The van der Waals surface area contributed by atoms with E-state index in [4.69, 9.17) is 14.6 Å². The summed E-state index contributed by atoms with van der Waals surface area (Å²) in [7, 11) is 2.92. The van der Waals surface area contributed by atoms with Crippen molar-refractivity contribution in [1.82, 2.24) is 30.0 Å². The van der Waals surface area contributed by atoms with Gasteiger partial charge in [0.1, 0.15) is 17.2 Å². The van der Waals surface area contributed by atoms with E-state index in [0.717, 1.165) is 0 Å². The van der Waals surface area contributed by atoms with Gasteiger partial charge in [0, 0.05) is 0 Å². The third kappa shape index (κ3) is 5.55. The summed E-state index contributed by atoms with van der Waals surface area (Å²) >= 11 is 6.33. The number of carboxylic acids is 1. The number of benzene rings is 2. The number of nitro groups is 1. The van der Waals surface area contributed by atoms with E-state index in [1.165, 1.54) is 54.4 Å². The predicted octanol–water partition coefficient (Wildman–Crippen LogP) is 3.68. The number of methoxy groups -OCH3 is 2. The normalized spacial score (nSPS) is 10.2. The number of nitrogens with zero attached hydrogens (tertiary/aromatic N) is 7. The van der Waals surface area contributed by atoms with E-state index in [1.54, 1.807) is 18.2 Å². The number of hydrogen-bond donors (Lipinski definition) is 1. The topological polar surface area (TPSA) is 160 Å². The first-order valence-corrected chi connectivity index (χ1v) is 10.7. The first-order chi connectivity index (χ1) is 16.2. The van der Waals surface area contributed by atoms with Crippen LogP contribution >= 0.6 is 31.9 Å². The van der Waals surface area contributed by atoms with Crippen molar-refractivity contribution < 1.29 is 24.3 Å². The summed E-state index contributed by atoms with van der Waals surface area (Å²) in [6.07, 6.45) is 2.96. The number of aromatic nitrogens is 6. The van der Waals surface area contributed by atoms with Crippen molar-refractivity contribution in [1.29, 1.82) is 0 Å². The van der Waals surface area contributed by atoms with Crippen LogP contribution in [0.4, 0.5) is 5.69 Å². The number of halogens is 2. The molecule has 176 valence electrons. The lowest BCUT2D eigenvalue weighted by Gasteiger charge is -2.06. The average Bonchev–Trinajstić information content (AvgIpc) is 3.48. The fourth-order valence-electron chi connectivity index (χ4n) is 2.65. The highest BCUT2D eigenvalue weighted by Crippen LogP contribution is 2.28. The van der Waals surface area contributed by atoms with Crippen LogP contribution in [-0.2, 0) is 0 Å². The van der Waals surface area contributed by atoms with Gasteiger partial charge in [-0.2, -0.15) is 15.0 Å². The van der Waals surface area contributed by atoms with Crippen molar-refractivity contribution in [2.75, 3.05) is 14.2 Å². The zero-order valence-corrected chi connectivity index (χ0v) is 20.7. The average molecular weight is 597 g/mol. The Morgan fingerprint density at radius 2 is 1.47 bits per heavy atom. The largest absolute Gasteiger partial charge is 0.497 e. The van der Waals surface area contributed by atoms with E-state index >= 15 is 0 Å². The van der Waals surface area contributed by atoms with Crippen LogP contribution in [0.2, 0.25) is 0 Å². The molecule has 0 atom stereocenters. The maximum atomic E-state index is 11.1. The first-order valence-electron chi connectivity index (χ1n) is 9.14. The highest BCUT2D eigenvalue weighted by molar-refractivity contribution is 9.13. The number of aromatic carboxylic acids is 1. The SMILES string of the molecule is COc1ccc(-n2nc(Br)c(Br)n2)c([N+](=O)[O-])c1.COc1ccc(-n2nccn2)c(C(=O)O)c1. The second-order valence-electron chi connectivity index (χ2n) is 6.19. The first kappa shape index (κ1) is 24.8. The Balaban J connectivity index is 0.000000192. The van der Waals surface area contributed by atoms with Crippen LogP contribution in [0.25, 0.3) is 11.4 Å². The molecule has 0 unspecified atom stereocenters. The highest BCUT2D eigenvalue weighted by Gasteiger charge is 2.19. The molecule has 4 rings (SSSR count). The second-order valence-corrected chi connectivity index (χ2v) is 7.69. The van der Waals surface area contributed by atoms with Gasteiger partial charge in [-0.1, -0.05) is 0 Å². The fraction of sp³-hybridized carbons (Fsp3) is 0.105. The molecule has 0 radical (unpaired) electrons. The summed E-state index contributed by atoms with van der Waals surface area (Å²) in [4.78, 5) is 24.0. The molecule has 13 nitrogen and oxygen atoms in total. The number of carbonyl (C=O) groups is 1. The van der Waals surface area contributed by atoms with Gasteiger partial charge in [0.25, 0.3) is 5.69 Å². The van der Waals surface area contributed by atoms with Crippen LogP contribution in [0.1, 0.15) is 10.4 Å². The maximum Gasteiger partial charge on any atom is 0.338 e. The summed E-state index contributed by atoms with van der Waals surface area (Å²) in [6, 6.07) is 9.14. The van der Waals surface area contributed by atoms with Crippen LogP contribution < -0.4 is 9.47 Å². The molecule has 2 heterocycles. The lowest BCUT2D eigenvalue weighted by molar-refractivity contribution is -0.384. The van der Waals surface area contributed by atoms with Gasteiger partial charge >= 0.3 is 5.97 Å². The predicted molar refractivity (Wildman–Crippen MR) is 125 cm³/mol. The molecule has 0 amide bonds. The standard InChI is InChI=1S/C10H9N3O3.C9H6Br2N4O3/c1-16-7-2-3-9(8(6-7)10(14)15)13-11-4-5-12-13;1-18-5-2-3-6(7(4-5)15(16)17)14-12-8(10)9(11)13-14/h2-6H,1H3,(H,14,15);2-4H,1H3. The van der Waals surface area contributed by atoms with Gasteiger partial charge in [-0.3, -0.25) is 10.1 Å². The smallest absolute Gasteiger partial charge is 0.338 e. The summed E-state index contributed by atoms with van der Waals surface area (Å²) in [5.74, 6) is -0.171. The summed E-state index contributed by atoms with van der Waals surface area (Å²) in [5, 5.41) is 35.9. The zero-order valence-electron chi connectivity index (χ0n) is 17.5. The molecule has 15 heteroatoms. The van der Waals surface area contributed by atoms with E-state index in [9.17, 15) is 14.9 Å². The molecule has 0 saturated heterocycles. The van der Waals surface area contributed by atoms with Crippen LogP contribution in [0.3, 0.4) is 0 Å². The molecular weight excluding hydrogens is 582 g/mol. The maximum absolute atomic E-state index is 11.1. The molecule has 34 heavy (non-hydrogen) atoms. The highest BCUT2D eigenvalue weighted by atomic mass is 79.9. The van der Waals surface area contributed by atoms with Crippen molar-refractivity contribution >= 4 is 43.5 Å². The number of nitro benzene ring substituents is 1. The van der Waals surface area contributed by atoms with Gasteiger partial charge < -0.3 is 14.6 Å². The van der Waals surface area contributed by atoms with Gasteiger partial charge in [-0.25, -0.2) is 4.79 Å². The number of hydrogen-bond acceptors (Lipinski definition) is 9. The van der Waals surface area contributed by atoms with Crippen molar-refractivity contribution in [2.24, 2.45) is 0 Å². The minimum atomic E-state index is -1.05. The molecule has 2 aromatic carbocycles. The van der Waals surface area contributed by atoms with Crippen LogP contribution in [-0.4, -0.2) is 60.2 Å². The minimum absolute atomic E-state index is 0.0931. The molecule has 4 aromatic rings. The van der Waals surface area contributed by atoms with Crippen molar-refractivity contribution in [3.63, 3.8) is 0 Å². The fourth-order valence-corrected chi connectivity index (χ4v) is 3.11. The van der Waals surface area contributed by atoms with Crippen molar-refractivity contribution in [3.05, 3.63) is 73.7 Å². The molecule has 0 aliphatic heterocycles. The quantitative estimate of drug-likeness (QED) is 0.257. The summed E-state index contributed by atoms with van der Waals surface area (Å²) in [6.45, 7) is 0. The number of ether oxygens (including phenoxy) is 2. The molecule has 0 saturated carbocycles. The van der Waals surface area contributed by atoms with E-state index in [2.05, 4.69) is 52.3 Å². The Bertz CT molecular complexity index is 1310. The Hall–Kier alpha value is -3.85. The Kier molecular flexibility index (Phi) is 7.91. The lowest BCUT2D eigenvalue weighted by Crippen LogP contribution is -2.08. The molecule has 1 N–H and O–H groups in total. The molecule has 0 aliphatic rings. The van der Waals surface area contributed by atoms with E-state index in [1.807, 2.05) is 0 Å². The summed E-state index contributed by atoms with van der Waals surface area (Å²) < 4.78 is 10.8. The van der Waals surface area contributed by atoms with Gasteiger partial charge in [0.05, 0.1) is 43.2 Å². The third-order valence-corrected chi connectivity index (χ3v) is 5.80. The lowest BCUT2D eigenvalue weighted by atomic mass is 10.1. The number of carboxylic acid groups (broad SMARTS) is 1. The second kappa shape index (κ2) is 10.8. The van der Waals surface area contributed by atoms with Crippen LogP contribution in [0, 0.1) is 10.1 Å². The molecule has 0 aliphatic carbocycles. The van der Waals surface area contributed by atoms with Gasteiger partial charge in [0.2, 0.25) is 0 Å². The number of rotatable bonds is 6. The van der Waals surface area contributed by atoms with E-state index in [-0.39, 0.29) is 16.9 Å². The van der Waals surface area contributed by atoms with E-state index in [0.29, 0.717) is 26.4 Å².